The Morgan fingerprint density at radius 2 is 1.94 bits per heavy atom. The number of rotatable bonds is 3. The molecule has 0 aromatic rings. The Kier molecular flexibility index (Phi) is 4.51. The molecule has 1 aliphatic rings. The first kappa shape index (κ1) is 14.7. The summed E-state index contributed by atoms with van der Waals surface area (Å²) in [6.07, 6.45) is -0.530. The van der Waals surface area contributed by atoms with Crippen LogP contribution >= 0.6 is 0 Å². The molecule has 1 heterocycles. The largest absolute Gasteiger partial charge is 0.444 e. The van der Waals surface area contributed by atoms with Crippen LogP contribution in [0.25, 0.3) is 0 Å². The number of hydrogen-bond donors (Lipinski definition) is 1. The molecule has 0 radical (unpaired) electrons. The van der Waals surface area contributed by atoms with Gasteiger partial charge in [0.25, 0.3) is 0 Å². The standard InChI is InChI=1S/C13H21NO4/c1-8(2)11(15)9-6-17-7-10(9)14-12(16)18-13(3,4)5/h9-10H,1,6-7H2,2-5H3,(H,14,16). The average Bonchev–Trinajstić information content (AvgIpc) is 2.61. The molecule has 2 atom stereocenters. The normalized spacial score (nSPS) is 23.6. The van der Waals surface area contributed by atoms with Crippen LogP contribution in [0.2, 0.25) is 0 Å². The topological polar surface area (TPSA) is 64.6 Å². The van der Waals surface area contributed by atoms with E-state index in [4.69, 9.17) is 9.47 Å². The molecule has 2 unspecified atom stereocenters. The van der Waals surface area contributed by atoms with Gasteiger partial charge in [-0.25, -0.2) is 4.79 Å². The van der Waals surface area contributed by atoms with Crippen LogP contribution in [0.4, 0.5) is 4.79 Å². The average molecular weight is 255 g/mol. The van der Waals surface area contributed by atoms with E-state index >= 15 is 0 Å². The minimum absolute atomic E-state index is 0.0754. The molecule has 1 aliphatic heterocycles. The molecule has 5 heteroatoms. The van der Waals surface area contributed by atoms with Gasteiger partial charge in [-0.05, 0) is 33.3 Å². The zero-order chi connectivity index (χ0) is 13.9. The van der Waals surface area contributed by atoms with Crippen LogP contribution < -0.4 is 5.32 Å². The third-order valence-corrected chi connectivity index (χ3v) is 2.54. The lowest BCUT2D eigenvalue weighted by Gasteiger charge is -2.23. The van der Waals surface area contributed by atoms with Crippen molar-refractivity contribution < 1.29 is 19.1 Å². The molecule has 0 saturated carbocycles. The fraction of sp³-hybridized carbons (Fsp3) is 0.692. The number of alkyl carbamates (subject to hydrolysis) is 1. The van der Waals surface area contributed by atoms with Gasteiger partial charge in [-0.15, -0.1) is 0 Å². The van der Waals surface area contributed by atoms with Gasteiger partial charge < -0.3 is 14.8 Å². The minimum atomic E-state index is -0.558. The summed E-state index contributed by atoms with van der Waals surface area (Å²) in [4.78, 5) is 23.5. The van der Waals surface area contributed by atoms with E-state index in [0.29, 0.717) is 18.8 Å². The molecule has 18 heavy (non-hydrogen) atoms. The summed E-state index contributed by atoms with van der Waals surface area (Å²) >= 11 is 0. The number of allylic oxidation sites excluding steroid dienone is 1. The van der Waals surface area contributed by atoms with Crippen molar-refractivity contribution in [1.29, 1.82) is 0 Å². The maximum atomic E-state index is 11.9. The summed E-state index contributed by atoms with van der Waals surface area (Å²) in [5, 5.41) is 2.67. The quantitative estimate of drug-likeness (QED) is 0.779. The van der Waals surface area contributed by atoms with Crippen molar-refractivity contribution in [3.05, 3.63) is 12.2 Å². The summed E-state index contributed by atoms with van der Waals surface area (Å²) < 4.78 is 10.4. The van der Waals surface area contributed by atoms with Gasteiger partial charge in [0.05, 0.1) is 25.2 Å². The van der Waals surface area contributed by atoms with Crippen LogP contribution in [-0.2, 0) is 14.3 Å². The number of ketones is 1. The fourth-order valence-corrected chi connectivity index (χ4v) is 1.73. The highest BCUT2D eigenvalue weighted by atomic mass is 16.6. The second-order valence-corrected chi connectivity index (χ2v) is 5.54. The number of carbonyl (C=O) groups excluding carboxylic acids is 2. The van der Waals surface area contributed by atoms with Crippen molar-refractivity contribution in [2.24, 2.45) is 5.92 Å². The molecular formula is C13H21NO4. The Morgan fingerprint density at radius 3 is 2.44 bits per heavy atom. The van der Waals surface area contributed by atoms with Gasteiger partial charge in [-0.3, -0.25) is 4.79 Å². The van der Waals surface area contributed by atoms with Gasteiger partial charge in [0.15, 0.2) is 5.78 Å². The number of nitrogens with one attached hydrogen (secondary N) is 1. The van der Waals surface area contributed by atoms with E-state index in [1.165, 1.54) is 0 Å². The van der Waals surface area contributed by atoms with Gasteiger partial charge in [-0.2, -0.15) is 0 Å². The molecule has 1 saturated heterocycles. The first-order chi connectivity index (χ1) is 8.20. The molecule has 0 bridgehead atoms. The predicted molar refractivity (Wildman–Crippen MR) is 67.3 cm³/mol. The lowest BCUT2D eigenvalue weighted by Crippen LogP contribution is -2.45. The smallest absolute Gasteiger partial charge is 0.407 e. The molecule has 1 fully saturated rings. The monoisotopic (exact) mass is 255 g/mol. The summed E-state index contributed by atoms with van der Waals surface area (Å²) in [7, 11) is 0. The molecule has 0 aliphatic carbocycles. The van der Waals surface area contributed by atoms with E-state index in [0.717, 1.165) is 0 Å². The second-order valence-electron chi connectivity index (χ2n) is 5.54. The Bertz CT molecular complexity index is 356. The number of carbonyl (C=O) groups is 2. The zero-order valence-electron chi connectivity index (χ0n) is 11.4. The predicted octanol–water partition coefficient (Wildman–Crippen LogP) is 1.67. The molecule has 102 valence electrons. The minimum Gasteiger partial charge on any atom is -0.444 e. The van der Waals surface area contributed by atoms with Crippen LogP contribution in [0.1, 0.15) is 27.7 Å². The Labute approximate surface area is 108 Å². The highest BCUT2D eigenvalue weighted by Gasteiger charge is 2.35. The van der Waals surface area contributed by atoms with Crippen molar-refractivity contribution in [1.82, 2.24) is 5.32 Å². The van der Waals surface area contributed by atoms with Crippen molar-refractivity contribution >= 4 is 11.9 Å². The van der Waals surface area contributed by atoms with Crippen molar-refractivity contribution in [3.63, 3.8) is 0 Å². The lowest BCUT2D eigenvalue weighted by atomic mass is 9.95. The van der Waals surface area contributed by atoms with Crippen LogP contribution in [-0.4, -0.2) is 36.7 Å². The summed E-state index contributed by atoms with van der Waals surface area (Å²) in [6, 6.07) is -0.343. The molecule has 1 N–H and O–H groups in total. The van der Waals surface area contributed by atoms with E-state index in [1.54, 1.807) is 27.7 Å². The third-order valence-electron chi connectivity index (χ3n) is 2.54. The van der Waals surface area contributed by atoms with Crippen LogP contribution in [0, 0.1) is 5.92 Å². The number of amides is 1. The molecular weight excluding hydrogens is 234 g/mol. The van der Waals surface area contributed by atoms with Crippen LogP contribution in [0.3, 0.4) is 0 Å². The molecule has 1 amide bonds. The van der Waals surface area contributed by atoms with Crippen molar-refractivity contribution in [2.45, 2.75) is 39.3 Å². The Balaban J connectivity index is 2.58. The summed E-state index contributed by atoms with van der Waals surface area (Å²) in [6.45, 7) is 11.3. The number of ether oxygens (including phenoxy) is 2. The molecule has 0 aromatic heterocycles. The van der Waals surface area contributed by atoms with Crippen LogP contribution in [0.5, 0.6) is 0 Å². The second kappa shape index (κ2) is 5.52. The van der Waals surface area contributed by atoms with Gasteiger partial charge in [-0.1, -0.05) is 6.58 Å². The molecule has 5 nitrogen and oxygen atoms in total. The molecule has 1 rings (SSSR count). The third kappa shape index (κ3) is 4.14. The van der Waals surface area contributed by atoms with Gasteiger partial charge >= 0.3 is 6.09 Å². The highest BCUT2D eigenvalue weighted by molar-refractivity contribution is 5.97. The number of Topliss-reactive ketones (excluding diaryl/α,β-unsaturated/α-hetero) is 1. The summed E-state index contributed by atoms with van der Waals surface area (Å²) in [5.74, 6) is -0.441. The van der Waals surface area contributed by atoms with Gasteiger partial charge in [0.2, 0.25) is 0 Å². The van der Waals surface area contributed by atoms with Crippen molar-refractivity contribution in [2.75, 3.05) is 13.2 Å². The van der Waals surface area contributed by atoms with E-state index in [2.05, 4.69) is 11.9 Å². The van der Waals surface area contributed by atoms with E-state index in [-0.39, 0.29) is 17.7 Å². The van der Waals surface area contributed by atoms with Crippen LogP contribution in [0.15, 0.2) is 12.2 Å². The SMILES string of the molecule is C=C(C)C(=O)C1COCC1NC(=O)OC(C)(C)C. The van der Waals surface area contributed by atoms with Gasteiger partial charge in [0.1, 0.15) is 5.60 Å². The first-order valence-electron chi connectivity index (χ1n) is 5.97. The molecule has 0 aromatic carbocycles. The molecule has 0 spiro atoms. The highest BCUT2D eigenvalue weighted by Crippen LogP contribution is 2.18. The van der Waals surface area contributed by atoms with Gasteiger partial charge in [0, 0.05) is 0 Å². The fourth-order valence-electron chi connectivity index (χ4n) is 1.73. The lowest BCUT2D eigenvalue weighted by molar-refractivity contribution is -0.119. The van der Waals surface area contributed by atoms with E-state index in [1.807, 2.05) is 0 Å². The maximum absolute atomic E-state index is 11.9. The van der Waals surface area contributed by atoms with Crippen molar-refractivity contribution in [3.8, 4) is 0 Å². The Morgan fingerprint density at radius 1 is 1.33 bits per heavy atom. The first-order valence-corrected chi connectivity index (χ1v) is 5.97. The zero-order valence-corrected chi connectivity index (χ0v) is 11.4. The van der Waals surface area contributed by atoms with E-state index < -0.39 is 11.7 Å². The maximum Gasteiger partial charge on any atom is 0.407 e. The van der Waals surface area contributed by atoms with E-state index in [9.17, 15) is 9.59 Å². The number of hydrogen-bond acceptors (Lipinski definition) is 4. The summed E-state index contributed by atoms with van der Waals surface area (Å²) in [5.41, 5.74) is -0.0845. The Hall–Kier alpha value is -1.36.